The van der Waals surface area contributed by atoms with E-state index in [0.717, 1.165) is 22.1 Å². The number of carbonyl (C=O) groups excluding carboxylic acids is 1. The Morgan fingerprint density at radius 3 is 3.00 bits per heavy atom. The van der Waals surface area contributed by atoms with Crippen LogP contribution in [0.5, 0.6) is 0 Å². The van der Waals surface area contributed by atoms with Crippen molar-refractivity contribution in [2.24, 2.45) is 0 Å². The number of aromatic amines is 1. The fraction of sp³-hybridized carbons (Fsp3) is 0.364. The number of amides is 1. The van der Waals surface area contributed by atoms with Crippen molar-refractivity contribution < 1.29 is 4.79 Å². The Morgan fingerprint density at radius 2 is 2.39 bits per heavy atom. The van der Waals surface area contributed by atoms with Crippen LogP contribution < -0.4 is 5.32 Å². The van der Waals surface area contributed by atoms with Gasteiger partial charge in [0, 0.05) is 17.8 Å². The number of H-pyrrole nitrogens is 1. The van der Waals surface area contributed by atoms with Crippen molar-refractivity contribution in [2.45, 2.75) is 19.8 Å². The maximum absolute atomic E-state index is 11.7. The number of nitrogens with one attached hydrogen (secondary N) is 2. The Balaban J connectivity index is 1.81. The predicted molar refractivity (Wildman–Crippen MR) is 71.1 cm³/mol. The van der Waals surface area contributed by atoms with Gasteiger partial charge < -0.3 is 5.32 Å². The zero-order valence-electron chi connectivity index (χ0n) is 9.86. The molecule has 7 heteroatoms. The molecule has 0 aliphatic heterocycles. The van der Waals surface area contributed by atoms with E-state index < -0.39 is 0 Å². The topological polar surface area (TPSA) is 70.7 Å². The van der Waals surface area contributed by atoms with E-state index in [-0.39, 0.29) is 11.7 Å². The van der Waals surface area contributed by atoms with Gasteiger partial charge in [0.05, 0.1) is 4.34 Å². The highest BCUT2D eigenvalue weighted by atomic mass is 35.5. The Hall–Kier alpha value is -1.40. The molecule has 0 aliphatic rings. The minimum atomic E-state index is -0.256. The molecular formula is C11H13ClN4OS. The second-order valence-corrected chi connectivity index (χ2v) is 5.47. The lowest BCUT2D eigenvalue weighted by Gasteiger charge is -2.00. The van der Waals surface area contributed by atoms with E-state index in [1.807, 2.05) is 19.1 Å². The molecule has 0 radical (unpaired) electrons. The molecule has 0 unspecified atom stereocenters. The second kappa shape index (κ2) is 5.97. The van der Waals surface area contributed by atoms with Crippen LogP contribution in [-0.2, 0) is 12.8 Å². The monoisotopic (exact) mass is 284 g/mol. The highest BCUT2D eigenvalue weighted by Gasteiger charge is 2.11. The Kier molecular flexibility index (Phi) is 4.33. The summed E-state index contributed by atoms with van der Waals surface area (Å²) in [5.41, 5.74) is 0. The summed E-state index contributed by atoms with van der Waals surface area (Å²) in [6, 6.07) is 3.81. The minimum absolute atomic E-state index is 0.191. The number of aryl methyl sites for hydroxylation is 1. The average Bonchev–Trinajstić information content (AvgIpc) is 2.98. The number of carbonyl (C=O) groups is 1. The van der Waals surface area contributed by atoms with E-state index in [1.165, 1.54) is 11.3 Å². The molecule has 18 heavy (non-hydrogen) atoms. The molecule has 0 saturated heterocycles. The molecule has 0 fully saturated rings. The largest absolute Gasteiger partial charge is 0.349 e. The molecule has 2 heterocycles. The molecule has 2 aromatic heterocycles. The predicted octanol–water partition coefficient (Wildman–Crippen LogP) is 2.05. The first-order valence-corrected chi connectivity index (χ1v) is 6.82. The molecule has 0 aromatic carbocycles. The van der Waals surface area contributed by atoms with Gasteiger partial charge in [-0.2, -0.15) is 0 Å². The molecule has 2 rings (SSSR count). The summed E-state index contributed by atoms with van der Waals surface area (Å²) >= 11 is 7.34. The summed E-state index contributed by atoms with van der Waals surface area (Å²) < 4.78 is 0.762. The third kappa shape index (κ3) is 3.30. The summed E-state index contributed by atoms with van der Waals surface area (Å²) in [6.45, 7) is 2.49. The number of thiophene rings is 1. The van der Waals surface area contributed by atoms with Gasteiger partial charge in [0.2, 0.25) is 5.82 Å². The lowest BCUT2D eigenvalue weighted by molar-refractivity contribution is 0.0944. The molecule has 5 nitrogen and oxygen atoms in total. The van der Waals surface area contributed by atoms with Crippen molar-refractivity contribution in [1.82, 2.24) is 20.5 Å². The molecule has 0 aliphatic carbocycles. The fourth-order valence-corrected chi connectivity index (χ4v) is 2.51. The SMILES string of the molecule is CCc1nc(C(=O)NCCc2ccc(Cl)s2)n[nH]1. The van der Waals surface area contributed by atoms with Crippen LogP contribution in [0.15, 0.2) is 12.1 Å². The van der Waals surface area contributed by atoms with Gasteiger partial charge in [0.25, 0.3) is 5.91 Å². The average molecular weight is 285 g/mol. The first-order chi connectivity index (χ1) is 8.69. The molecule has 1 amide bonds. The molecule has 2 N–H and O–H groups in total. The zero-order chi connectivity index (χ0) is 13.0. The maximum Gasteiger partial charge on any atom is 0.290 e. The molecular weight excluding hydrogens is 272 g/mol. The van der Waals surface area contributed by atoms with Crippen molar-refractivity contribution >= 4 is 28.8 Å². The normalized spacial score (nSPS) is 10.6. The van der Waals surface area contributed by atoms with Gasteiger partial charge in [0.1, 0.15) is 5.82 Å². The summed E-state index contributed by atoms with van der Waals surface area (Å²) in [4.78, 5) is 16.9. The first kappa shape index (κ1) is 13.0. The van der Waals surface area contributed by atoms with Gasteiger partial charge in [-0.15, -0.1) is 16.4 Å². The van der Waals surface area contributed by atoms with Crippen molar-refractivity contribution in [3.63, 3.8) is 0 Å². The number of rotatable bonds is 5. The van der Waals surface area contributed by atoms with Crippen LogP contribution in [0.3, 0.4) is 0 Å². The lowest BCUT2D eigenvalue weighted by Crippen LogP contribution is -2.26. The highest BCUT2D eigenvalue weighted by Crippen LogP contribution is 2.21. The van der Waals surface area contributed by atoms with Gasteiger partial charge in [0.15, 0.2) is 0 Å². The first-order valence-electron chi connectivity index (χ1n) is 5.62. The summed E-state index contributed by atoms with van der Waals surface area (Å²) in [6.07, 6.45) is 1.49. The zero-order valence-corrected chi connectivity index (χ0v) is 11.4. The quantitative estimate of drug-likeness (QED) is 0.883. The van der Waals surface area contributed by atoms with Crippen LogP contribution in [0, 0.1) is 0 Å². The lowest BCUT2D eigenvalue weighted by atomic mass is 10.3. The third-order valence-corrected chi connectivity index (χ3v) is 3.65. The molecule has 0 spiro atoms. The van der Waals surface area contributed by atoms with Gasteiger partial charge in [-0.1, -0.05) is 18.5 Å². The van der Waals surface area contributed by atoms with E-state index in [2.05, 4.69) is 20.5 Å². The van der Waals surface area contributed by atoms with E-state index in [0.29, 0.717) is 12.4 Å². The van der Waals surface area contributed by atoms with Crippen LogP contribution in [0.25, 0.3) is 0 Å². The highest BCUT2D eigenvalue weighted by molar-refractivity contribution is 7.16. The van der Waals surface area contributed by atoms with Crippen molar-refractivity contribution in [1.29, 1.82) is 0 Å². The van der Waals surface area contributed by atoms with Crippen LogP contribution in [-0.4, -0.2) is 27.6 Å². The maximum atomic E-state index is 11.7. The smallest absolute Gasteiger partial charge is 0.290 e. The number of hydrogen-bond donors (Lipinski definition) is 2. The summed E-state index contributed by atoms with van der Waals surface area (Å²) in [7, 11) is 0. The Bertz CT molecular complexity index is 537. The minimum Gasteiger partial charge on any atom is -0.349 e. The summed E-state index contributed by atoms with van der Waals surface area (Å²) in [5, 5.41) is 9.33. The van der Waals surface area contributed by atoms with E-state index in [1.54, 1.807) is 0 Å². The molecule has 0 saturated carbocycles. The van der Waals surface area contributed by atoms with Gasteiger partial charge in [-0.25, -0.2) is 4.98 Å². The molecule has 0 atom stereocenters. The standard InChI is InChI=1S/C11H13ClN4OS/c1-2-9-14-10(16-15-9)11(17)13-6-5-7-3-4-8(12)18-7/h3-4H,2,5-6H2,1H3,(H,13,17)(H,14,15,16). The summed E-state index contributed by atoms with van der Waals surface area (Å²) in [5.74, 6) is 0.648. The van der Waals surface area contributed by atoms with Crippen molar-refractivity contribution in [3.05, 3.63) is 33.0 Å². The van der Waals surface area contributed by atoms with Crippen LogP contribution in [0.1, 0.15) is 28.2 Å². The number of halogens is 1. The van der Waals surface area contributed by atoms with Crippen molar-refractivity contribution in [3.8, 4) is 0 Å². The van der Waals surface area contributed by atoms with Crippen LogP contribution in [0.4, 0.5) is 0 Å². The van der Waals surface area contributed by atoms with E-state index in [4.69, 9.17) is 11.6 Å². The number of hydrogen-bond acceptors (Lipinski definition) is 4. The van der Waals surface area contributed by atoms with E-state index >= 15 is 0 Å². The Labute approximate surface area is 114 Å². The van der Waals surface area contributed by atoms with Gasteiger partial charge in [-0.05, 0) is 18.6 Å². The third-order valence-electron chi connectivity index (χ3n) is 2.36. The molecule has 0 bridgehead atoms. The molecule has 2 aromatic rings. The Morgan fingerprint density at radius 1 is 1.56 bits per heavy atom. The van der Waals surface area contributed by atoms with Crippen molar-refractivity contribution in [2.75, 3.05) is 6.54 Å². The second-order valence-electron chi connectivity index (χ2n) is 3.67. The van der Waals surface area contributed by atoms with Gasteiger partial charge >= 0.3 is 0 Å². The van der Waals surface area contributed by atoms with Crippen LogP contribution >= 0.6 is 22.9 Å². The van der Waals surface area contributed by atoms with Gasteiger partial charge in [-0.3, -0.25) is 9.89 Å². The molecule has 96 valence electrons. The fourth-order valence-electron chi connectivity index (χ4n) is 1.42. The number of nitrogens with zero attached hydrogens (tertiary/aromatic N) is 2. The number of aromatic nitrogens is 3. The van der Waals surface area contributed by atoms with Crippen LogP contribution in [0.2, 0.25) is 4.34 Å². The van der Waals surface area contributed by atoms with E-state index in [9.17, 15) is 4.79 Å².